The molecule has 0 spiro atoms. The average molecular weight is 330 g/mol. The number of hydrogen-bond donors (Lipinski definition) is 2. The Morgan fingerprint density at radius 3 is 2.79 bits per heavy atom. The first kappa shape index (κ1) is 17.1. The first-order valence-corrected chi connectivity index (χ1v) is 9.31. The minimum Gasteiger partial charge on any atom is -0.371 e. The predicted molar refractivity (Wildman–Crippen MR) is 98.4 cm³/mol. The molecule has 0 aliphatic carbocycles. The summed E-state index contributed by atoms with van der Waals surface area (Å²) in [5.74, 6) is 0.537. The Bertz CT molecular complexity index is 521. The molecule has 2 heterocycles. The molecule has 0 bridgehead atoms. The average Bonchev–Trinajstić information content (AvgIpc) is 3.10. The number of nitrogens with zero attached hydrogens (tertiary/aromatic N) is 2. The van der Waals surface area contributed by atoms with Gasteiger partial charge in [0.25, 0.3) is 0 Å². The van der Waals surface area contributed by atoms with Crippen LogP contribution in [0.3, 0.4) is 0 Å². The van der Waals surface area contributed by atoms with Crippen molar-refractivity contribution in [2.24, 2.45) is 5.92 Å². The molecule has 0 saturated carbocycles. The van der Waals surface area contributed by atoms with E-state index in [0.29, 0.717) is 12.0 Å². The summed E-state index contributed by atoms with van der Waals surface area (Å²) >= 11 is 0. The Labute approximate surface area is 145 Å². The summed E-state index contributed by atoms with van der Waals surface area (Å²) < 4.78 is 0. The van der Waals surface area contributed by atoms with Crippen LogP contribution in [-0.2, 0) is 0 Å². The van der Waals surface area contributed by atoms with Gasteiger partial charge >= 0.3 is 6.03 Å². The smallest absolute Gasteiger partial charge is 0.315 e. The van der Waals surface area contributed by atoms with Crippen molar-refractivity contribution >= 4 is 11.7 Å². The fraction of sp³-hybridized carbons (Fsp3) is 0.632. The summed E-state index contributed by atoms with van der Waals surface area (Å²) in [6.45, 7) is 8.25. The van der Waals surface area contributed by atoms with Crippen LogP contribution in [0.15, 0.2) is 30.3 Å². The fourth-order valence-electron chi connectivity index (χ4n) is 3.81. The molecule has 0 aromatic heterocycles. The first-order valence-electron chi connectivity index (χ1n) is 9.31. The number of likely N-dealkylation sites (tertiary alicyclic amines) is 1. The lowest BCUT2D eigenvalue weighted by atomic mass is 10.1. The van der Waals surface area contributed by atoms with Gasteiger partial charge in [-0.3, -0.25) is 0 Å². The molecule has 0 unspecified atom stereocenters. The van der Waals surface area contributed by atoms with Crippen molar-refractivity contribution in [3.05, 3.63) is 30.3 Å². The Morgan fingerprint density at radius 2 is 2.00 bits per heavy atom. The highest BCUT2D eigenvalue weighted by Gasteiger charge is 2.24. The van der Waals surface area contributed by atoms with Crippen molar-refractivity contribution in [3.63, 3.8) is 0 Å². The Balaban J connectivity index is 1.38. The molecule has 132 valence electrons. The second kappa shape index (κ2) is 8.38. The lowest BCUT2D eigenvalue weighted by Crippen LogP contribution is -2.51. The zero-order chi connectivity index (χ0) is 16.8. The van der Waals surface area contributed by atoms with E-state index in [1.165, 1.54) is 12.1 Å². The van der Waals surface area contributed by atoms with Crippen molar-refractivity contribution < 1.29 is 4.79 Å². The largest absolute Gasteiger partial charge is 0.371 e. The van der Waals surface area contributed by atoms with Gasteiger partial charge in [0.05, 0.1) is 0 Å². The van der Waals surface area contributed by atoms with Gasteiger partial charge in [-0.25, -0.2) is 4.79 Å². The van der Waals surface area contributed by atoms with E-state index in [1.54, 1.807) is 0 Å². The number of hydrogen-bond acceptors (Lipinski definition) is 3. The number of rotatable bonds is 5. The third kappa shape index (κ3) is 4.63. The number of para-hydroxylation sites is 1. The lowest BCUT2D eigenvalue weighted by molar-refractivity contribution is 0.192. The summed E-state index contributed by atoms with van der Waals surface area (Å²) in [7, 11) is 0. The molecular formula is C19H30N4O. The molecule has 2 atom stereocenters. The number of nitrogens with one attached hydrogen (secondary N) is 2. The van der Waals surface area contributed by atoms with E-state index in [1.807, 2.05) is 6.07 Å². The third-order valence-electron chi connectivity index (χ3n) is 5.25. The normalized spacial score (nSPS) is 24.8. The van der Waals surface area contributed by atoms with Gasteiger partial charge in [0.15, 0.2) is 0 Å². The number of piperidine rings is 1. The number of carbonyl (C=O) groups is 1. The van der Waals surface area contributed by atoms with Crippen molar-refractivity contribution in [1.29, 1.82) is 0 Å². The van der Waals surface area contributed by atoms with Crippen molar-refractivity contribution in [1.82, 2.24) is 15.5 Å². The molecular weight excluding hydrogens is 300 g/mol. The van der Waals surface area contributed by atoms with Crippen LogP contribution in [0.25, 0.3) is 0 Å². The Hall–Kier alpha value is -1.75. The Kier molecular flexibility index (Phi) is 5.96. The molecule has 2 amide bonds. The van der Waals surface area contributed by atoms with Crippen LogP contribution in [0.1, 0.15) is 26.2 Å². The maximum absolute atomic E-state index is 12.2. The number of amides is 2. The molecule has 2 aliphatic rings. The van der Waals surface area contributed by atoms with Gasteiger partial charge in [0.2, 0.25) is 0 Å². The molecule has 3 rings (SSSR count). The number of likely N-dealkylation sites (N-methyl/N-ethyl adjacent to an activating group) is 1. The molecule has 24 heavy (non-hydrogen) atoms. The molecule has 5 heteroatoms. The molecule has 1 aromatic rings. The van der Waals surface area contributed by atoms with Crippen LogP contribution in [0.5, 0.6) is 0 Å². The highest BCUT2D eigenvalue weighted by Crippen LogP contribution is 2.22. The molecule has 1 aromatic carbocycles. The molecule has 2 N–H and O–H groups in total. The maximum atomic E-state index is 12.2. The van der Waals surface area contributed by atoms with Crippen LogP contribution < -0.4 is 15.5 Å². The zero-order valence-electron chi connectivity index (χ0n) is 14.7. The second-order valence-electron chi connectivity index (χ2n) is 7.02. The first-order chi connectivity index (χ1) is 11.7. The molecule has 5 nitrogen and oxygen atoms in total. The monoisotopic (exact) mass is 330 g/mol. The molecule has 2 saturated heterocycles. The molecule has 2 fully saturated rings. The third-order valence-corrected chi connectivity index (χ3v) is 5.25. The molecule has 2 aliphatic heterocycles. The van der Waals surface area contributed by atoms with Gasteiger partial charge in [-0.2, -0.15) is 0 Å². The Morgan fingerprint density at radius 1 is 1.17 bits per heavy atom. The van der Waals surface area contributed by atoms with Crippen LogP contribution in [0.4, 0.5) is 10.5 Å². The predicted octanol–water partition coefficient (Wildman–Crippen LogP) is 2.30. The number of benzene rings is 1. The van der Waals surface area contributed by atoms with Gasteiger partial charge in [-0.05, 0) is 50.4 Å². The van der Waals surface area contributed by atoms with Crippen LogP contribution in [0.2, 0.25) is 0 Å². The quantitative estimate of drug-likeness (QED) is 0.871. The van der Waals surface area contributed by atoms with Crippen LogP contribution in [-0.4, -0.2) is 56.2 Å². The van der Waals surface area contributed by atoms with Crippen molar-refractivity contribution in [2.75, 3.05) is 44.2 Å². The number of anilines is 1. The fourth-order valence-corrected chi connectivity index (χ4v) is 3.81. The summed E-state index contributed by atoms with van der Waals surface area (Å²) in [5.41, 5.74) is 1.28. The van der Waals surface area contributed by atoms with E-state index in [2.05, 4.69) is 51.6 Å². The topological polar surface area (TPSA) is 47.6 Å². The summed E-state index contributed by atoms with van der Waals surface area (Å²) in [6, 6.07) is 10.8. The standard InChI is InChI=1S/C19H30N4O/c1-2-22-11-6-7-17(15-22)21-19(24)20-13-16-10-12-23(14-16)18-8-4-3-5-9-18/h3-5,8-9,16-17H,2,6-7,10-15H2,1H3,(H2,20,21,24)/t16-,17-/m1/s1. The SMILES string of the molecule is CCN1CCC[C@@H](NC(=O)NC[C@H]2CCN(c3ccccc3)C2)C1. The second-order valence-corrected chi connectivity index (χ2v) is 7.02. The van der Waals surface area contributed by atoms with E-state index >= 15 is 0 Å². The van der Waals surface area contributed by atoms with Gasteiger partial charge in [0, 0.05) is 37.9 Å². The number of urea groups is 1. The lowest BCUT2D eigenvalue weighted by Gasteiger charge is -2.32. The van der Waals surface area contributed by atoms with Crippen molar-refractivity contribution in [2.45, 2.75) is 32.2 Å². The minimum atomic E-state index is -0.00360. The van der Waals surface area contributed by atoms with Gasteiger partial charge in [-0.1, -0.05) is 25.1 Å². The highest BCUT2D eigenvalue weighted by molar-refractivity contribution is 5.74. The van der Waals surface area contributed by atoms with Crippen molar-refractivity contribution in [3.8, 4) is 0 Å². The molecule has 0 radical (unpaired) electrons. The summed E-state index contributed by atoms with van der Waals surface area (Å²) in [5, 5.41) is 6.23. The zero-order valence-corrected chi connectivity index (χ0v) is 14.7. The van der Waals surface area contributed by atoms with E-state index in [9.17, 15) is 4.79 Å². The highest BCUT2D eigenvalue weighted by atomic mass is 16.2. The van der Waals surface area contributed by atoms with E-state index < -0.39 is 0 Å². The van der Waals surface area contributed by atoms with E-state index in [-0.39, 0.29) is 6.03 Å². The maximum Gasteiger partial charge on any atom is 0.315 e. The number of carbonyl (C=O) groups excluding carboxylic acids is 1. The minimum absolute atomic E-state index is 0.00360. The van der Waals surface area contributed by atoms with Crippen LogP contribution >= 0.6 is 0 Å². The van der Waals surface area contributed by atoms with E-state index in [4.69, 9.17) is 0 Å². The van der Waals surface area contributed by atoms with Gasteiger partial charge in [0.1, 0.15) is 0 Å². The summed E-state index contributed by atoms with van der Waals surface area (Å²) in [4.78, 5) is 17.0. The van der Waals surface area contributed by atoms with E-state index in [0.717, 1.165) is 52.1 Å². The summed E-state index contributed by atoms with van der Waals surface area (Å²) in [6.07, 6.45) is 3.41. The van der Waals surface area contributed by atoms with Gasteiger partial charge < -0.3 is 20.4 Å². The van der Waals surface area contributed by atoms with Crippen LogP contribution in [0, 0.1) is 5.92 Å². The van der Waals surface area contributed by atoms with Gasteiger partial charge in [-0.15, -0.1) is 0 Å².